The van der Waals surface area contributed by atoms with Crippen molar-refractivity contribution in [2.24, 2.45) is 0 Å². The molecule has 9 heteroatoms. The minimum atomic E-state index is 0. The molecule has 2 fully saturated rings. The van der Waals surface area contributed by atoms with Crippen LogP contribution in [0.3, 0.4) is 0 Å². The van der Waals surface area contributed by atoms with E-state index in [1.165, 1.54) is 12.1 Å². The Morgan fingerprint density at radius 1 is 1.13 bits per heavy atom. The van der Waals surface area contributed by atoms with E-state index < -0.39 is 0 Å². The molecule has 3 heterocycles. The SMILES string of the molecule is CN1CCN(c2ccc(Nc3ncc(Cl)c(NCC4CCCCO4)n3)cc2)CC1.Cl. The van der Waals surface area contributed by atoms with E-state index in [9.17, 15) is 0 Å². The van der Waals surface area contributed by atoms with Crippen molar-refractivity contribution in [1.29, 1.82) is 0 Å². The highest BCUT2D eigenvalue weighted by Gasteiger charge is 2.16. The van der Waals surface area contributed by atoms with Gasteiger partial charge in [-0.1, -0.05) is 11.6 Å². The van der Waals surface area contributed by atoms with E-state index in [0.717, 1.165) is 51.3 Å². The first kappa shape index (κ1) is 22.9. The second-order valence-electron chi connectivity index (χ2n) is 7.72. The number of benzene rings is 1. The molecule has 0 aliphatic carbocycles. The Labute approximate surface area is 189 Å². The van der Waals surface area contributed by atoms with Crippen molar-refractivity contribution >= 4 is 47.1 Å². The number of ether oxygens (including phenoxy) is 1. The molecule has 30 heavy (non-hydrogen) atoms. The molecule has 2 saturated heterocycles. The fourth-order valence-electron chi connectivity index (χ4n) is 3.68. The Morgan fingerprint density at radius 2 is 1.90 bits per heavy atom. The number of hydrogen-bond donors (Lipinski definition) is 2. The van der Waals surface area contributed by atoms with E-state index >= 15 is 0 Å². The standard InChI is InChI=1S/C21H29ClN6O.ClH/c1-27-9-11-28(12-10-27)17-7-5-16(6-8-17)25-21-24-15-19(22)20(26-21)23-14-18-4-2-3-13-29-18;/h5-8,15,18H,2-4,9-14H2,1H3,(H2,23,24,25,26);1H. The average molecular weight is 453 g/mol. The summed E-state index contributed by atoms with van der Waals surface area (Å²) in [5, 5.41) is 7.08. The fraction of sp³-hybridized carbons (Fsp3) is 0.524. The van der Waals surface area contributed by atoms with Crippen molar-refractivity contribution in [3.63, 3.8) is 0 Å². The molecule has 0 bridgehead atoms. The average Bonchev–Trinajstić information content (AvgIpc) is 2.76. The fourth-order valence-corrected chi connectivity index (χ4v) is 3.84. The van der Waals surface area contributed by atoms with Gasteiger partial charge in [0.25, 0.3) is 0 Å². The maximum Gasteiger partial charge on any atom is 0.229 e. The van der Waals surface area contributed by atoms with Crippen LogP contribution in [0.25, 0.3) is 0 Å². The number of nitrogens with one attached hydrogen (secondary N) is 2. The Balaban J connectivity index is 0.00000256. The molecular weight excluding hydrogens is 423 g/mol. The first-order valence-corrected chi connectivity index (χ1v) is 10.7. The van der Waals surface area contributed by atoms with Gasteiger partial charge in [-0.15, -0.1) is 12.4 Å². The largest absolute Gasteiger partial charge is 0.376 e. The van der Waals surface area contributed by atoms with Gasteiger partial charge >= 0.3 is 0 Å². The summed E-state index contributed by atoms with van der Waals surface area (Å²) in [6.45, 7) is 5.85. The van der Waals surface area contributed by atoms with Gasteiger partial charge in [-0.25, -0.2) is 4.98 Å². The summed E-state index contributed by atoms with van der Waals surface area (Å²) in [6, 6.07) is 8.41. The second-order valence-corrected chi connectivity index (χ2v) is 8.13. The normalized spacial score (nSPS) is 19.8. The summed E-state index contributed by atoms with van der Waals surface area (Å²) in [5.74, 6) is 1.15. The summed E-state index contributed by atoms with van der Waals surface area (Å²) in [6.07, 6.45) is 5.26. The monoisotopic (exact) mass is 452 g/mol. The van der Waals surface area contributed by atoms with Gasteiger partial charge in [0, 0.05) is 50.7 Å². The van der Waals surface area contributed by atoms with Gasteiger partial charge in [0.2, 0.25) is 5.95 Å². The minimum absolute atomic E-state index is 0. The lowest BCUT2D eigenvalue weighted by molar-refractivity contribution is 0.0247. The highest BCUT2D eigenvalue weighted by atomic mass is 35.5. The van der Waals surface area contributed by atoms with Gasteiger partial charge in [0.1, 0.15) is 5.02 Å². The van der Waals surface area contributed by atoms with Crippen molar-refractivity contribution in [2.45, 2.75) is 25.4 Å². The number of piperazine rings is 1. The Bertz CT molecular complexity index is 793. The highest BCUT2D eigenvalue weighted by molar-refractivity contribution is 6.32. The van der Waals surface area contributed by atoms with Crippen LogP contribution in [0, 0.1) is 0 Å². The third-order valence-corrected chi connectivity index (χ3v) is 5.78. The molecule has 2 aliphatic heterocycles. The molecule has 2 N–H and O–H groups in total. The molecule has 1 aromatic carbocycles. The zero-order valence-electron chi connectivity index (χ0n) is 17.3. The lowest BCUT2D eigenvalue weighted by atomic mass is 10.1. The van der Waals surface area contributed by atoms with E-state index in [-0.39, 0.29) is 18.5 Å². The van der Waals surface area contributed by atoms with E-state index in [1.54, 1.807) is 6.20 Å². The van der Waals surface area contributed by atoms with Crippen LogP contribution in [0.1, 0.15) is 19.3 Å². The second kappa shape index (κ2) is 11.0. The summed E-state index contributed by atoms with van der Waals surface area (Å²) in [4.78, 5) is 13.6. The summed E-state index contributed by atoms with van der Waals surface area (Å²) in [7, 11) is 2.17. The van der Waals surface area contributed by atoms with Crippen molar-refractivity contribution in [3.8, 4) is 0 Å². The number of aromatic nitrogens is 2. The maximum absolute atomic E-state index is 6.27. The summed E-state index contributed by atoms with van der Waals surface area (Å²) in [5.41, 5.74) is 2.20. The molecular formula is C21H30Cl2N6O. The molecule has 1 aromatic heterocycles. The van der Waals surface area contributed by atoms with Gasteiger partial charge in [0.15, 0.2) is 5.82 Å². The van der Waals surface area contributed by atoms with Crippen LogP contribution in [-0.4, -0.2) is 67.4 Å². The Hall–Kier alpha value is -1.80. The quantitative estimate of drug-likeness (QED) is 0.685. The number of rotatable bonds is 6. The lowest BCUT2D eigenvalue weighted by Gasteiger charge is -2.34. The first-order valence-electron chi connectivity index (χ1n) is 10.4. The van der Waals surface area contributed by atoms with E-state index in [4.69, 9.17) is 16.3 Å². The van der Waals surface area contributed by atoms with Crippen LogP contribution in [0.2, 0.25) is 5.02 Å². The van der Waals surface area contributed by atoms with Gasteiger partial charge in [-0.3, -0.25) is 0 Å². The molecule has 2 aliphatic rings. The summed E-state index contributed by atoms with van der Waals surface area (Å²) < 4.78 is 5.76. The van der Waals surface area contributed by atoms with Crippen LogP contribution in [0.15, 0.2) is 30.5 Å². The third kappa shape index (κ3) is 6.11. The van der Waals surface area contributed by atoms with Crippen molar-refractivity contribution in [1.82, 2.24) is 14.9 Å². The zero-order chi connectivity index (χ0) is 20.1. The highest BCUT2D eigenvalue weighted by Crippen LogP contribution is 2.24. The van der Waals surface area contributed by atoms with Crippen LogP contribution in [0.5, 0.6) is 0 Å². The third-order valence-electron chi connectivity index (χ3n) is 5.51. The molecule has 1 unspecified atom stereocenters. The van der Waals surface area contributed by atoms with Gasteiger partial charge in [-0.2, -0.15) is 4.98 Å². The van der Waals surface area contributed by atoms with E-state index in [2.05, 4.69) is 61.7 Å². The number of anilines is 4. The lowest BCUT2D eigenvalue weighted by Crippen LogP contribution is -2.44. The van der Waals surface area contributed by atoms with Gasteiger partial charge in [0.05, 0.1) is 12.3 Å². The smallest absolute Gasteiger partial charge is 0.229 e. The Morgan fingerprint density at radius 3 is 2.60 bits per heavy atom. The molecule has 2 aromatic rings. The predicted molar refractivity (Wildman–Crippen MR) is 126 cm³/mol. The molecule has 1 atom stereocenters. The molecule has 164 valence electrons. The van der Waals surface area contributed by atoms with Crippen LogP contribution in [0.4, 0.5) is 23.1 Å². The number of nitrogens with zero attached hydrogens (tertiary/aromatic N) is 4. The van der Waals surface area contributed by atoms with Crippen LogP contribution < -0.4 is 15.5 Å². The molecule has 0 saturated carbocycles. The first-order chi connectivity index (χ1) is 14.2. The molecule has 0 radical (unpaired) electrons. The molecule has 0 spiro atoms. The topological polar surface area (TPSA) is 65.5 Å². The Kier molecular flexibility index (Phi) is 8.39. The van der Waals surface area contributed by atoms with Gasteiger partial charge < -0.3 is 25.2 Å². The van der Waals surface area contributed by atoms with Crippen molar-refractivity contribution in [2.75, 3.05) is 61.9 Å². The van der Waals surface area contributed by atoms with E-state index in [1.807, 2.05) is 0 Å². The maximum atomic E-state index is 6.27. The predicted octanol–water partition coefficient (Wildman–Crippen LogP) is 4.03. The van der Waals surface area contributed by atoms with Crippen molar-refractivity contribution < 1.29 is 4.74 Å². The summed E-state index contributed by atoms with van der Waals surface area (Å²) >= 11 is 6.27. The molecule has 0 amide bonds. The molecule has 7 nitrogen and oxygen atoms in total. The van der Waals surface area contributed by atoms with Crippen LogP contribution >= 0.6 is 24.0 Å². The zero-order valence-corrected chi connectivity index (χ0v) is 18.9. The van der Waals surface area contributed by atoms with Crippen molar-refractivity contribution in [3.05, 3.63) is 35.5 Å². The number of hydrogen-bond acceptors (Lipinski definition) is 7. The van der Waals surface area contributed by atoms with E-state index in [0.29, 0.717) is 23.3 Å². The van der Waals surface area contributed by atoms with Gasteiger partial charge in [-0.05, 0) is 50.6 Å². The minimum Gasteiger partial charge on any atom is -0.376 e. The number of likely N-dealkylation sites (N-methyl/N-ethyl adjacent to an activating group) is 1. The van der Waals surface area contributed by atoms with Crippen LogP contribution in [-0.2, 0) is 4.74 Å². The number of halogens is 2. The molecule has 4 rings (SSSR count).